The molecule has 3 rings (SSSR count). The van der Waals surface area contributed by atoms with Crippen molar-refractivity contribution < 1.29 is 0 Å². The second-order valence-electron chi connectivity index (χ2n) is 5.60. The van der Waals surface area contributed by atoms with Gasteiger partial charge in [0, 0.05) is 62.3 Å². The fourth-order valence-corrected chi connectivity index (χ4v) is 4.11. The fourth-order valence-electron chi connectivity index (χ4n) is 2.60. The minimum atomic E-state index is 0.724. The Kier molecular flexibility index (Phi) is 5.62. The average molecular weight is 366 g/mol. The third kappa shape index (κ3) is 4.02. The standard InChI is InChI=1S/C15H23N7S2/c1-4-12-19-15(24-20-12)22-7-5-21(6-8-22)14(16-3)17-9-13-18-11(2)10-23-13/h10H,4-9H2,1-3H3,(H,16,17). The molecule has 0 atom stereocenters. The largest absolute Gasteiger partial charge is 0.350 e. The van der Waals surface area contributed by atoms with Gasteiger partial charge in [0.2, 0.25) is 5.13 Å². The molecule has 7 nitrogen and oxygen atoms in total. The molecule has 24 heavy (non-hydrogen) atoms. The van der Waals surface area contributed by atoms with Gasteiger partial charge in [0.05, 0.1) is 6.54 Å². The molecule has 130 valence electrons. The highest BCUT2D eigenvalue weighted by Crippen LogP contribution is 2.19. The van der Waals surface area contributed by atoms with Gasteiger partial charge in [-0.1, -0.05) is 6.92 Å². The summed E-state index contributed by atoms with van der Waals surface area (Å²) in [5, 5.41) is 7.62. The average Bonchev–Trinajstić information content (AvgIpc) is 3.25. The van der Waals surface area contributed by atoms with Gasteiger partial charge in [-0.25, -0.2) is 9.97 Å². The first-order chi connectivity index (χ1) is 11.7. The molecule has 0 unspecified atom stereocenters. The molecule has 1 aliphatic rings. The molecule has 0 radical (unpaired) electrons. The normalized spacial score (nSPS) is 15.9. The molecule has 3 heterocycles. The molecule has 1 saturated heterocycles. The zero-order valence-electron chi connectivity index (χ0n) is 14.3. The van der Waals surface area contributed by atoms with Crippen molar-refractivity contribution in [3.63, 3.8) is 0 Å². The van der Waals surface area contributed by atoms with E-state index in [1.807, 2.05) is 14.0 Å². The van der Waals surface area contributed by atoms with Crippen LogP contribution in [0.1, 0.15) is 23.4 Å². The predicted octanol–water partition coefficient (Wildman–Crippen LogP) is 1.76. The lowest BCUT2D eigenvalue weighted by atomic mass is 10.3. The van der Waals surface area contributed by atoms with E-state index in [4.69, 9.17) is 0 Å². The molecule has 0 aromatic carbocycles. The fraction of sp³-hybridized carbons (Fsp3) is 0.600. The Morgan fingerprint density at radius 2 is 2.08 bits per heavy atom. The number of thiazole rings is 1. The molecular weight excluding hydrogens is 342 g/mol. The van der Waals surface area contributed by atoms with Crippen LogP contribution in [0.3, 0.4) is 0 Å². The number of anilines is 1. The predicted molar refractivity (Wildman–Crippen MR) is 100 cm³/mol. The molecule has 9 heteroatoms. The first-order valence-electron chi connectivity index (χ1n) is 8.13. The number of aromatic nitrogens is 3. The van der Waals surface area contributed by atoms with E-state index < -0.39 is 0 Å². The third-order valence-corrected chi connectivity index (χ3v) is 5.68. The van der Waals surface area contributed by atoms with Crippen LogP contribution in [0.5, 0.6) is 0 Å². The van der Waals surface area contributed by atoms with E-state index in [9.17, 15) is 0 Å². The highest BCUT2D eigenvalue weighted by atomic mass is 32.1. The minimum absolute atomic E-state index is 0.724. The highest BCUT2D eigenvalue weighted by molar-refractivity contribution is 7.09. The second kappa shape index (κ2) is 7.89. The molecule has 1 N–H and O–H groups in total. The quantitative estimate of drug-likeness (QED) is 0.658. The van der Waals surface area contributed by atoms with E-state index in [-0.39, 0.29) is 0 Å². The number of aliphatic imine (C=N–C) groups is 1. The third-order valence-electron chi connectivity index (χ3n) is 3.90. The van der Waals surface area contributed by atoms with E-state index in [0.717, 1.165) is 66.8 Å². The second-order valence-corrected chi connectivity index (χ2v) is 7.28. The molecule has 1 fully saturated rings. The monoisotopic (exact) mass is 365 g/mol. The maximum absolute atomic E-state index is 4.58. The molecule has 1 aliphatic heterocycles. The Balaban J connectivity index is 1.52. The molecule has 0 saturated carbocycles. The van der Waals surface area contributed by atoms with Crippen LogP contribution < -0.4 is 10.2 Å². The Labute approximate surface area is 150 Å². The molecule has 2 aromatic rings. The maximum atomic E-state index is 4.58. The Morgan fingerprint density at radius 1 is 1.29 bits per heavy atom. The van der Waals surface area contributed by atoms with Crippen molar-refractivity contribution in [2.24, 2.45) is 4.99 Å². The molecule has 0 aliphatic carbocycles. The number of hydrogen-bond donors (Lipinski definition) is 1. The van der Waals surface area contributed by atoms with E-state index in [2.05, 4.69) is 46.8 Å². The summed E-state index contributed by atoms with van der Waals surface area (Å²) in [4.78, 5) is 18.1. The highest BCUT2D eigenvalue weighted by Gasteiger charge is 2.22. The Hall–Kier alpha value is -1.74. The SMILES string of the molecule is CCc1nsc(N2CCN(C(=NC)NCc3nc(C)cs3)CC2)n1. The number of nitrogens with zero attached hydrogens (tertiary/aromatic N) is 6. The number of rotatable bonds is 4. The maximum Gasteiger partial charge on any atom is 0.205 e. The summed E-state index contributed by atoms with van der Waals surface area (Å²) in [6.45, 7) is 8.57. The number of hydrogen-bond acceptors (Lipinski definition) is 7. The molecule has 0 amide bonds. The molecule has 0 bridgehead atoms. The van der Waals surface area contributed by atoms with Gasteiger partial charge in [-0.05, 0) is 6.92 Å². The summed E-state index contributed by atoms with van der Waals surface area (Å²) in [5.41, 5.74) is 1.07. The van der Waals surface area contributed by atoms with Crippen LogP contribution in [0.25, 0.3) is 0 Å². The lowest BCUT2D eigenvalue weighted by Gasteiger charge is -2.36. The summed E-state index contributed by atoms with van der Waals surface area (Å²) >= 11 is 3.18. The summed E-state index contributed by atoms with van der Waals surface area (Å²) in [6.07, 6.45) is 0.892. The lowest BCUT2D eigenvalue weighted by Crippen LogP contribution is -2.52. The van der Waals surface area contributed by atoms with Crippen molar-refractivity contribution in [3.05, 3.63) is 21.9 Å². The van der Waals surface area contributed by atoms with Gasteiger partial charge in [0.15, 0.2) is 5.96 Å². The van der Waals surface area contributed by atoms with Gasteiger partial charge >= 0.3 is 0 Å². The first-order valence-corrected chi connectivity index (χ1v) is 9.79. The van der Waals surface area contributed by atoms with E-state index in [1.165, 1.54) is 11.5 Å². The summed E-state index contributed by atoms with van der Waals surface area (Å²) in [5.74, 6) is 1.88. The first kappa shape index (κ1) is 17.1. The molecular formula is C15H23N7S2. The number of piperazine rings is 1. The van der Waals surface area contributed by atoms with Gasteiger partial charge in [0.1, 0.15) is 10.8 Å². The van der Waals surface area contributed by atoms with Crippen LogP contribution in [0.4, 0.5) is 5.13 Å². The van der Waals surface area contributed by atoms with Crippen LogP contribution in [-0.4, -0.2) is 58.4 Å². The van der Waals surface area contributed by atoms with Crippen molar-refractivity contribution in [1.82, 2.24) is 24.6 Å². The van der Waals surface area contributed by atoms with Gasteiger partial charge in [-0.2, -0.15) is 4.37 Å². The van der Waals surface area contributed by atoms with Crippen LogP contribution in [0.15, 0.2) is 10.4 Å². The van der Waals surface area contributed by atoms with Gasteiger partial charge < -0.3 is 15.1 Å². The van der Waals surface area contributed by atoms with E-state index >= 15 is 0 Å². The zero-order chi connectivity index (χ0) is 16.9. The summed E-state index contributed by atoms with van der Waals surface area (Å²) in [7, 11) is 1.83. The van der Waals surface area contributed by atoms with Crippen molar-refractivity contribution in [2.75, 3.05) is 38.1 Å². The van der Waals surface area contributed by atoms with Gasteiger partial charge in [-0.3, -0.25) is 4.99 Å². The van der Waals surface area contributed by atoms with Crippen LogP contribution in [-0.2, 0) is 13.0 Å². The lowest BCUT2D eigenvalue weighted by molar-refractivity contribution is 0.372. The zero-order valence-corrected chi connectivity index (χ0v) is 16.0. The number of nitrogens with one attached hydrogen (secondary N) is 1. The van der Waals surface area contributed by atoms with E-state index in [0.29, 0.717) is 0 Å². The van der Waals surface area contributed by atoms with Crippen molar-refractivity contribution in [3.8, 4) is 0 Å². The van der Waals surface area contributed by atoms with Crippen LogP contribution in [0, 0.1) is 6.92 Å². The van der Waals surface area contributed by atoms with Crippen molar-refractivity contribution >= 4 is 34.0 Å². The molecule has 0 spiro atoms. The van der Waals surface area contributed by atoms with Crippen molar-refractivity contribution in [2.45, 2.75) is 26.8 Å². The van der Waals surface area contributed by atoms with Gasteiger partial charge in [0.25, 0.3) is 0 Å². The van der Waals surface area contributed by atoms with Crippen molar-refractivity contribution in [1.29, 1.82) is 0 Å². The van der Waals surface area contributed by atoms with Crippen LogP contribution in [0.2, 0.25) is 0 Å². The summed E-state index contributed by atoms with van der Waals surface area (Å²) < 4.78 is 4.38. The molecule has 2 aromatic heterocycles. The topological polar surface area (TPSA) is 69.5 Å². The smallest absolute Gasteiger partial charge is 0.205 e. The number of guanidine groups is 1. The Bertz CT molecular complexity index is 686. The Morgan fingerprint density at radius 3 is 2.67 bits per heavy atom. The summed E-state index contributed by atoms with van der Waals surface area (Å²) in [6, 6.07) is 0. The van der Waals surface area contributed by atoms with Gasteiger partial charge in [-0.15, -0.1) is 11.3 Å². The van der Waals surface area contributed by atoms with Crippen LogP contribution >= 0.6 is 22.9 Å². The minimum Gasteiger partial charge on any atom is -0.350 e. The number of aryl methyl sites for hydroxylation is 2. The van der Waals surface area contributed by atoms with E-state index in [1.54, 1.807) is 11.3 Å².